The Balaban J connectivity index is 0.00000256. The van der Waals surface area contributed by atoms with Crippen molar-refractivity contribution < 1.29 is 22.8 Å². The third-order valence-corrected chi connectivity index (χ3v) is 1.56. The highest BCUT2D eigenvalue weighted by Crippen LogP contribution is 2.37. The highest BCUT2D eigenvalue weighted by molar-refractivity contribution is 5.85. The van der Waals surface area contributed by atoms with Crippen molar-refractivity contribution in [3.63, 3.8) is 0 Å². The number of para-hydroxylation sites is 1. The number of alkyl halides is 3. The van der Waals surface area contributed by atoms with Gasteiger partial charge in [-0.1, -0.05) is 6.07 Å². The lowest BCUT2D eigenvalue weighted by atomic mass is 10.2. The number of ether oxygens (including phenoxy) is 1. The molecule has 0 spiro atoms. The molecule has 0 aromatic heterocycles. The standard InChI is InChI=1S/C7H6F3N3O3.ClH/c8-7(9,10)16-6-4(12-11)2-1-3-5(6)13(14)15;/h1-3,12H,11H2;1H. The van der Waals surface area contributed by atoms with Crippen LogP contribution < -0.4 is 16.0 Å². The van der Waals surface area contributed by atoms with Gasteiger partial charge < -0.3 is 10.2 Å². The summed E-state index contributed by atoms with van der Waals surface area (Å²) in [6.07, 6.45) is -5.03. The maximum absolute atomic E-state index is 12.0. The van der Waals surface area contributed by atoms with Crippen molar-refractivity contribution in [2.75, 3.05) is 5.43 Å². The molecule has 0 bridgehead atoms. The summed E-state index contributed by atoms with van der Waals surface area (Å²) in [6, 6.07) is 3.17. The number of hydrogen-bond acceptors (Lipinski definition) is 5. The quantitative estimate of drug-likeness (QED) is 0.500. The molecule has 0 saturated carbocycles. The van der Waals surface area contributed by atoms with Crippen LogP contribution in [-0.4, -0.2) is 11.3 Å². The predicted octanol–water partition coefficient (Wildman–Crippen LogP) is 2.20. The van der Waals surface area contributed by atoms with E-state index in [0.29, 0.717) is 0 Å². The number of hydrogen-bond donors (Lipinski definition) is 2. The normalized spacial score (nSPS) is 10.4. The summed E-state index contributed by atoms with van der Waals surface area (Å²) in [5, 5.41) is 10.5. The monoisotopic (exact) mass is 273 g/mol. The van der Waals surface area contributed by atoms with Crippen LogP contribution in [0.2, 0.25) is 0 Å². The Kier molecular flexibility index (Phi) is 4.98. The van der Waals surface area contributed by atoms with E-state index in [1.165, 1.54) is 6.07 Å². The zero-order chi connectivity index (χ0) is 12.3. The number of nitro groups is 1. The van der Waals surface area contributed by atoms with Crippen molar-refractivity contribution in [1.82, 2.24) is 0 Å². The smallest absolute Gasteiger partial charge is 0.396 e. The molecule has 17 heavy (non-hydrogen) atoms. The van der Waals surface area contributed by atoms with Gasteiger partial charge >= 0.3 is 12.0 Å². The molecule has 6 nitrogen and oxygen atoms in total. The molecule has 1 aromatic rings. The second-order valence-electron chi connectivity index (χ2n) is 2.60. The Morgan fingerprint density at radius 2 is 2.00 bits per heavy atom. The second kappa shape index (κ2) is 5.55. The van der Waals surface area contributed by atoms with Crippen LogP contribution in [0.5, 0.6) is 5.75 Å². The maximum Gasteiger partial charge on any atom is 0.573 e. The van der Waals surface area contributed by atoms with E-state index in [2.05, 4.69) is 4.74 Å². The van der Waals surface area contributed by atoms with E-state index < -0.39 is 22.7 Å². The number of anilines is 1. The number of nitro benzene ring substituents is 1. The lowest BCUT2D eigenvalue weighted by molar-refractivity contribution is -0.388. The first-order chi connectivity index (χ1) is 7.35. The van der Waals surface area contributed by atoms with Crippen LogP contribution in [0.25, 0.3) is 0 Å². The van der Waals surface area contributed by atoms with Gasteiger partial charge in [-0.15, -0.1) is 25.6 Å². The van der Waals surface area contributed by atoms with E-state index in [1.807, 2.05) is 5.43 Å². The Morgan fingerprint density at radius 1 is 1.41 bits per heavy atom. The molecular formula is C7H7ClF3N3O3. The minimum Gasteiger partial charge on any atom is -0.396 e. The van der Waals surface area contributed by atoms with Crippen LogP contribution in [0.1, 0.15) is 0 Å². The molecule has 1 aromatic carbocycles. The predicted molar refractivity (Wildman–Crippen MR) is 54.8 cm³/mol. The van der Waals surface area contributed by atoms with Crippen LogP contribution in [-0.2, 0) is 0 Å². The van der Waals surface area contributed by atoms with E-state index in [9.17, 15) is 23.3 Å². The number of nitrogens with zero attached hydrogens (tertiary/aromatic N) is 1. The van der Waals surface area contributed by atoms with Gasteiger partial charge in [0.2, 0.25) is 5.75 Å². The molecule has 0 heterocycles. The molecular weight excluding hydrogens is 267 g/mol. The summed E-state index contributed by atoms with van der Waals surface area (Å²) >= 11 is 0. The first-order valence-corrected chi connectivity index (χ1v) is 3.85. The Labute approximate surface area is 99.1 Å². The molecule has 0 amide bonds. The molecule has 1 rings (SSSR count). The minimum absolute atomic E-state index is 0. The summed E-state index contributed by atoms with van der Waals surface area (Å²) in [5.41, 5.74) is 0.731. The molecule has 0 aliphatic carbocycles. The second-order valence-corrected chi connectivity index (χ2v) is 2.60. The van der Waals surface area contributed by atoms with Gasteiger partial charge in [-0.25, -0.2) is 0 Å². The summed E-state index contributed by atoms with van der Waals surface area (Å²) < 4.78 is 39.5. The van der Waals surface area contributed by atoms with Crippen molar-refractivity contribution in [3.8, 4) is 5.75 Å². The van der Waals surface area contributed by atoms with Crippen LogP contribution in [0.3, 0.4) is 0 Å². The number of nitrogen functional groups attached to an aromatic ring is 1. The third kappa shape index (κ3) is 3.96. The van der Waals surface area contributed by atoms with Crippen molar-refractivity contribution in [2.24, 2.45) is 5.84 Å². The Bertz CT molecular complexity index is 413. The molecule has 0 aliphatic rings. The van der Waals surface area contributed by atoms with E-state index in [-0.39, 0.29) is 18.1 Å². The molecule has 3 N–H and O–H groups in total. The van der Waals surface area contributed by atoms with Gasteiger partial charge in [0.05, 0.1) is 10.6 Å². The maximum atomic E-state index is 12.0. The number of nitrogens with two attached hydrogens (primary N) is 1. The molecule has 0 fully saturated rings. The number of rotatable bonds is 3. The van der Waals surface area contributed by atoms with Crippen LogP contribution in [0.4, 0.5) is 24.5 Å². The van der Waals surface area contributed by atoms with Crippen molar-refractivity contribution in [1.29, 1.82) is 0 Å². The Hall–Kier alpha value is -1.74. The van der Waals surface area contributed by atoms with Gasteiger partial charge in [0.1, 0.15) is 0 Å². The molecule has 0 saturated heterocycles. The molecule has 96 valence electrons. The average Bonchev–Trinajstić information content (AvgIpc) is 2.15. The van der Waals surface area contributed by atoms with Gasteiger partial charge in [0.15, 0.2) is 0 Å². The van der Waals surface area contributed by atoms with Crippen molar-refractivity contribution in [3.05, 3.63) is 28.3 Å². The van der Waals surface area contributed by atoms with Crippen LogP contribution in [0, 0.1) is 10.1 Å². The Morgan fingerprint density at radius 3 is 2.41 bits per heavy atom. The molecule has 10 heteroatoms. The zero-order valence-electron chi connectivity index (χ0n) is 8.02. The number of benzene rings is 1. The number of halogens is 4. The fraction of sp³-hybridized carbons (Fsp3) is 0.143. The molecule has 0 atom stereocenters. The third-order valence-electron chi connectivity index (χ3n) is 1.56. The van der Waals surface area contributed by atoms with Crippen LogP contribution >= 0.6 is 12.4 Å². The first-order valence-electron chi connectivity index (χ1n) is 3.85. The lowest BCUT2D eigenvalue weighted by Crippen LogP contribution is -2.20. The number of hydrazine groups is 1. The van der Waals surface area contributed by atoms with Crippen molar-refractivity contribution in [2.45, 2.75) is 6.36 Å². The highest BCUT2D eigenvalue weighted by Gasteiger charge is 2.35. The largest absolute Gasteiger partial charge is 0.573 e. The minimum atomic E-state index is -5.03. The fourth-order valence-corrected chi connectivity index (χ4v) is 1.01. The van der Waals surface area contributed by atoms with E-state index in [0.717, 1.165) is 12.1 Å². The highest BCUT2D eigenvalue weighted by atomic mass is 35.5. The summed E-state index contributed by atoms with van der Waals surface area (Å²) in [4.78, 5) is 9.47. The molecule has 0 radical (unpaired) electrons. The molecule has 0 unspecified atom stereocenters. The van der Waals surface area contributed by atoms with E-state index >= 15 is 0 Å². The zero-order valence-corrected chi connectivity index (χ0v) is 8.84. The van der Waals surface area contributed by atoms with Gasteiger partial charge in [0.25, 0.3) is 0 Å². The summed E-state index contributed by atoms with van der Waals surface area (Å²) in [6.45, 7) is 0. The molecule has 0 aliphatic heterocycles. The number of nitrogens with one attached hydrogen (secondary N) is 1. The first kappa shape index (κ1) is 15.3. The van der Waals surface area contributed by atoms with Gasteiger partial charge in [0, 0.05) is 6.07 Å². The van der Waals surface area contributed by atoms with Gasteiger partial charge in [-0.3, -0.25) is 16.0 Å². The topological polar surface area (TPSA) is 90.4 Å². The van der Waals surface area contributed by atoms with Crippen molar-refractivity contribution >= 4 is 23.8 Å². The fourth-order valence-electron chi connectivity index (χ4n) is 1.01. The summed E-state index contributed by atoms with van der Waals surface area (Å²) in [7, 11) is 0. The lowest BCUT2D eigenvalue weighted by Gasteiger charge is -2.12. The van der Waals surface area contributed by atoms with Crippen LogP contribution in [0.15, 0.2) is 18.2 Å². The average molecular weight is 274 g/mol. The summed E-state index contributed by atoms with van der Waals surface area (Å²) in [5.74, 6) is 3.95. The van der Waals surface area contributed by atoms with Gasteiger partial charge in [-0.2, -0.15) is 0 Å². The SMILES string of the molecule is Cl.NNc1cccc([N+](=O)[O-])c1OC(F)(F)F. The van der Waals surface area contributed by atoms with E-state index in [1.54, 1.807) is 0 Å². The van der Waals surface area contributed by atoms with E-state index in [4.69, 9.17) is 5.84 Å². The van der Waals surface area contributed by atoms with Gasteiger partial charge in [-0.05, 0) is 6.07 Å².